The van der Waals surface area contributed by atoms with Gasteiger partial charge in [-0.3, -0.25) is 9.78 Å². The molecule has 1 N–H and O–H groups in total. The molecule has 0 saturated heterocycles. The van der Waals surface area contributed by atoms with E-state index in [1.165, 1.54) is 12.4 Å². The number of ether oxygens (including phenoxy) is 1. The van der Waals surface area contributed by atoms with E-state index in [9.17, 15) is 9.59 Å². The lowest BCUT2D eigenvalue weighted by molar-refractivity contribution is 0.0734. The lowest BCUT2D eigenvalue weighted by Gasteiger charge is -2.05. The summed E-state index contributed by atoms with van der Waals surface area (Å²) >= 11 is 5.98. The predicted molar refractivity (Wildman–Crippen MR) is 102 cm³/mol. The maximum absolute atomic E-state index is 12.1. The van der Waals surface area contributed by atoms with Gasteiger partial charge < -0.3 is 4.74 Å². The summed E-state index contributed by atoms with van der Waals surface area (Å²) in [5.74, 6) is -0.521. The maximum Gasteiger partial charge on any atom is 0.345 e. The number of hydrogen-bond donors (Lipinski definition) is 1. The van der Waals surface area contributed by atoms with Crippen molar-refractivity contribution in [2.24, 2.45) is 5.10 Å². The Hall–Kier alpha value is -3.51. The van der Waals surface area contributed by atoms with Crippen molar-refractivity contribution >= 4 is 29.7 Å². The second-order valence-corrected chi connectivity index (χ2v) is 5.79. The fourth-order valence-corrected chi connectivity index (χ4v) is 2.35. The van der Waals surface area contributed by atoms with Gasteiger partial charge in [0.25, 0.3) is 5.91 Å². The number of nitrogens with one attached hydrogen (secondary N) is 1. The number of amides is 1. The molecule has 0 atom stereocenters. The minimum absolute atomic E-state index is 0.294. The van der Waals surface area contributed by atoms with E-state index in [0.717, 1.165) is 5.56 Å². The Balaban J connectivity index is 1.58. The van der Waals surface area contributed by atoms with Crippen LogP contribution in [0.25, 0.3) is 0 Å². The SMILES string of the molecule is O=C(N/N=C/c1ccc(OC(=O)c2ccccc2Cl)cc1)c1cccnc1. The van der Waals surface area contributed by atoms with Crippen LogP contribution in [0.15, 0.2) is 78.2 Å². The number of rotatable bonds is 5. The third-order valence-electron chi connectivity index (χ3n) is 3.49. The number of halogens is 1. The number of hydrogen-bond acceptors (Lipinski definition) is 5. The minimum Gasteiger partial charge on any atom is -0.423 e. The third-order valence-corrected chi connectivity index (χ3v) is 3.82. The summed E-state index contributed by atoms with van der Waals surface area (Å²) in [6.45, 7) is 0. The highest BCUT2D eigenvalue weighted by molar-refractivity contribution is 6.33. The molecule has 2 aromatic carbocycles. The predicted octanol–water partition coefficient (Wildman–Crippen LogP) is 3.72. The Morgan fingerprint density at radius 2 is 1.81 bits per heavy atom. The van der Waals surface area contributed by atoms with Crippen molar-refractivity contribution in [2.75, 3.05) is 0 Å². The lowest BCUT2D eigenvalue weighted by atomic mass is 10.2. The number of carbonyl (C=O) groups excluding carboxylic acids is 2. The van der Waals surface area contributed by atoms with E-state index < -0.39 is 5.97 Å². The van der Waals surface area contributed by atoms with Gasteiger partial charge in [0, 0.05) is 12.4 Å². The molecule has 1 aromatic heterocycles. The van der Waals surface area contributed by atoms with Crippen LogP contribution in [-0.4, -0.2) is 23.1 Å². The zero-order chi connectivity index (χ0) is 19.1. The molecule has 3 aromatic rings. The first kappa shape index (κ1) is 18.3. The van der Waals surface area contributed by atoms with E-state index in [0.29, 0.717) is 21.9 Å². The molecule has 0 radical (unpaired) electrons. The number of esters is 1. The zero-order valence-electron chi connectivity index (χ0n) is 14.0. The Labute approximate surface area is 160 Å². The van der Waals surface area contributed by atoms with E-state index in [1.807, 2.05) is 0 Å². The van der Waals surface area contributed by atoms with Crippen LogP contribution in [0.5, 0.6) is 5.75 Å². The minimum atomic E-state index is -0.536. The molecule has 0 aliphatic heterocycles. The van der Waals surface area contributed by atoms with Crippen molar-refractivity contribution in [3.05, 3.63) is 94.8 Å². The highest BCUT2D eigenvalue weighted by atomic mass is 35.5. The van der Waals surface area contributed by atoms with Gasteiger partial charge in [0.2, 0.25) is 0 Å². The molecule has 27 heavy (non-hydrogen) atoms. The van der Waals surface area contributed by atoms with Gasteiger partial charge in [-0.2, -0.15) is 5.10 Å². The Morgan fingerprint density at radius 1 is 1.04 bits per heavy atom. The van der Waals surface area contributed by atoms with E-state index in [1.54, 1.807) is 66.9 Å². The van der Waals surface area contributed by atoms with E-state index in [2.05, 4.69) is 15.5 Å². The summed E-state index contributed by atoms with van der Waals surface area (Å²) in [5, 5.41) is 4.22. The Kier molecular flexibility index (Phi) is 5.91. The van der Waals surface area contributed by atoms with E-state index >= 15 is 0 Å². The van der Waals surface area contributed by atoms with E-state index in [-0.39, 0.29) is 5.91 Å². The number of aromatic nitrogens is 1. The van der Waals surface area contributed by atoms with Gasteiger partial charge in [-0.15, -0.1) is 0 Å². The molecule has 0 bridgehead atoms. The summed E-state index contributed by atoms with van der Waals surface area (Å²) in [4.78, 5) is 27.8. The van der Waals surface area contributed by atoms with Gasteiger partial charge >= 0.3 is 5.97 Å². The van der Waals surface area contributed by atoms with Crippen LogP contribution in [-0.2, 0) is 0 Å². The smallest absolute Gasteiger partial charge is 0.345 e. The first-order valence-electron chi connectivity index (χ1n) is 7.94. The average molecular weight is 380 g/mol. The third kappa shape index (κ3) is 4.99. The molecule has 0 fully saturated rings. The van der Waals surface area contributed by atoms with Crippen LogP contribution < -0.4 is 10.2 Å². The fourth-order valence-electron chi connectivity index (χ4n) is 2.14. The molecule has 7 heteroatoms. The average Bonchev–Trinajstić information content (AvgIpc) is 2.70. The van der Waals surface area contributed by atoms with Crippen LogP contribution in [0, 0.1) is 0 Å². The van der Waals surface area contributed by atoms with Gasteiger partial charge in [0.1, 0.15) is 5.75 Å². The molecule has 0 unspecified atom stereocenters. The van der Waals surface area contributed by atoms with Crippen LogP contribution in [0.4, 0.5) is 0 Å². The molecule has 0 aliphatic rings. The number of nitrogens with zero attached hydrogens (tertiary/aromatic N) is 2. The molecule has 0 spiro atoms. The molecule has 1 heterocycles. The van der Waals surface area contributed by atoms with Gasteiger partial charge in [-0.25, -0.2) is 10.2 Å². The molecule has 0 saturated carbocycles. The highest BCUT2D eigenvalue weighted by Crippen LogP contribution is 2.18. The molecule has 134 valence electrons. The maximum atomic E-state index is 12.1. The monoisotopic (exact) mass is 379 g/mol. The molecular formula is C20H14ClN3O3. The normalized spacial score (nSPS) is 10.6. The number of carbonyl (C=O) groups is 2. The molecule has 3 rings (SSSR count). The summed E-state index contributed by atoms with van der Waals surface area (Å²) in [5.41, 5.74) is 3.84. The van der Waals surface area contributed by atoms with Crippen LogP contribution in [0.2, 0.25) is 5.02 Å². The van der Waals surface area contributed by atoms with E-state index in [4.69, 9.17) is 16.3 Å². The Morgan fingerprint density at radius 3 is 2.52 bits per heavy atom. The van der Waals surface area contributed by atoms with Crippen LogP contribution >= 0.6 is 11.6 Å². The summed E-state index contributed by atoms with van der Waals surface area (Å²) in [6, 6.07) is 16.6. The zero-order valence-corrected chi connectivity index (χ0v) is 14.8. The lowest BCUT2D eigenvalue weighted by Crippen LogP contribution is -2.17. The van der Waals surface area contributed by atoms with Crippen molar-refractivity contribution in [1.29, 1.82) is 0 Å². The van der Waals surface area contributed by atoms with Crippen LogP contribution in [0.1, 0.15) is 26.3 Å². The number of hydrazone groups is 1. The van der Waals surface area contributed by atoms with Crippen molar-refractivity contribution in [3.8, 4) is 5.75 Å². The molecular weight excluding hydrogens is 366 g/mol. The first-order chi connectivity index (χ1) is 13.1. The molecule has 0 aliphatic carbocycles. The standard InChI is InChI=1S/C20H14ClN3O3/c21-18-6-2-1-5-17(18)20(26)27-16-9-7-14(8-10-16)12-23-24-19(25)15-4-3-11-22-13-15/h1-13H,(H,24,25)/b23-12+. The quantitative estimate of drug-likeness (QED) is 0.317. The van der Waals surface area contributed by atoms with Gasteiger partial charge in [-0.1, -0.05) is 23.7 Å². The highest BCUT2D eigenvalue weighted by Gasteiger charge is 2.11. The number of benzene rings is 2. The number of pyridine rings is 1. The van der Waals surface area contributed by atoms with Crippen LogP contribution in [0.3, 0.4) is 0 Å². The van der Waals surface area contributed by atoms with Gasteiger partial charge in [-0.05, 0) is 54.1 Å². The summed E-state index contributed by atoms with van der Waals surface area (Å²) in [7, 11) is 0. The second kappa shape index (κ2) is 8.73. The summed E-state index contributed by atoms with van der Waals surface area (Å²) in [6.07, 6.45) is 4.51. The fraction of sp³-hybridized carbons (Fsp3) is 0. The van der Waals surface area contributed by atoms with Gasteiger partial charge in [0.05, 0.1) is 22.4 Å². The summed E-state index contributed by atoms with van der Waals surface area (Å²) < 4.78 is 5.29. The van der Waals surface area contributed by atoms with Crippen molar-refractivity contribution in [3.63, 3.8) is 0 Å². The van der Waals surface area contributed by atoms with Gasteiger partial charge in [0.15, 0.2) is 0 Å². The largest absolute Gasteiger partial charge is 0.423 e. The second-order valence-electron chi connectivity index (χ2n) is 5.38. The van der Waals surface area contributed by atoms with Crippen molar-refractivity contribution < 1.29 is 14.3 Å². The Bertz CT molecular complexity index is 973. The molecule has 1 amide bonds. The molecule has 6 nitrogen and oxygen atoms in total. The van der Waals surface area contributed by atoms with Crippen molar-refractivity contribution in [1.82, 2.24) is 10.4 Å². The van der Waals surface area contributed by atoms with Crippen molar-refractivity contribution in [2.45, 2.75) is 0 Å². The first-order valence-corrected chi connectivity index (χ1v) is 8.31. The topological polar surface area (TPSA) is 80.6 Å².